The van der Waals surface area contributed by atoms with Crippen molar-refractivity contribution in [1.82, 2.24) is 16.0 Å². The number of hydrogen-bond donors (Lipinski definition) is 3. The summed E-state index contributed by atoms with van der Waals surface area (Å²) in [6, 6.07) is -2.62. The van der Waals surface area contributed by atoms with Crippen LogP contribution in [0.3, 0.4) is 0 Å². The first-order chi connectivity index (χ1) is 11.8. The summed E-state index contributed by atoms with van der Waals surface area (Å²) in [5.41, 5.74) is -0.695. The molecule has 0 heterocycles. The third kappa shape index (κ3) is 8.68. The van der Waals surface area contributed by atoms with Gasteiger partial charge in [0.15, 0.2) is 0 Å². The van der Waals surface area contributed by atoms with Crippen LogP contribution in [0, 0.1) is 5.92 Å². The highest BCUT2D eigenvalue weighted by Crippen LogP contribution is 2.09. The molecule has 0 aromatic carbocycles. The number of ether oxygens (including phenoxy) is 2. The van der Waals surface area contributed by atoms with Gasteiger partial charge in [-0.2, -0.15) is 0 Å². The number of alkyl carbamates (subject to hydrolysis) is 1. The van der Waals surface area contributed by atoms with Crippen LogP contribution in [0.2, 0.25) is 0 Å². The van der Waals surface area contributed by atoms with E-state index in [-0.39, 0.29) is 5.92 Å². The SMILES string of the molecule is COC(=O)[C@H](C)NC(=O)[C@H](C)NC(=O)[C@@H](NC(=O)OC(C)(C)C)C(C)C. The molecule has 0 fully saturated rings. The molecule has 9 nitrogen and oxygen atoms in total. The van der Waals surface area contributed by atoms with Crippen molar-refractivity contribution in [2.24, 2.45) is 5.92 Å². The maximum absolute atomic E-state index is 12.4. The zero-order chi connectivity index (χ0) is 20.7. The molecule has 150 valence electrons. The van der Waals surface area contributed by atoms with Crippen LogP contribution in [0.15, 0.2) is 0 Å². The molecule has 0 aliphatic heterocycles. The molecular formula is C17H31N3O6. The topological polar surface area (TPSA) is 123 Å². The van der Waals surface area contributed by atoms with Crippen molar-refractivity contribution in [3.05, 3.63) is 0 Å². The standard InChI is InChI=1S/C17H31N3O6/c1-9(2)12(20-16(24)26-17(5,6)7)14(22)18-10(3)13(21)19-11(4)15(23)25-8/h9-12H,1-8H3,(H,18,22)(H,19,21)(H,20,24)/t10-,11-,12-/m0/s1. The number of amides is 3. The predicted octanol–water partition coefficient (Wildman–Crippen LogP) is 0.718. The summed E-state index contributed by atoms with van der Waals surface area (Å²) < 4.78 is 9.68. The van der Waals surface area contributed by atoms with Crippen LogP contribution in [0.1, 0.15) is 48.5 Å². The van der Waals surface area contributed by atoms with Crippen molar-refractivity contribution in [2.45, 2.75) is 72.2 Å². The number of carbonyl (C=O) groups is 4. The Kier molecular flexibility index (Phi) is 9.09. The summed E-state index contributed by atoms with van der Waals surface area (Å²) in [7, 11) is 1.21. The molecule has 26 heavy (non-hydrogen) atoms. The van der Waals surface area contributed by atoms with E-state index >= 15 is 0 Å². The molecule has 0 aliphatic rings. The number of rotatable bonds is 7. The van der Waals surface area contributed by atoms with Gasteiger partial charge in [-0.3, -0.25) is 9.59 Å². The van der Waals surface area contributed by atoms with Crippen LogP contribution >= 0.6 is 0 Å². The Morgan fingerprint density at radius 3 is 1.73 bits per heavy atom. The molecule has 3 atom stereocenters. The second-order valence-corrected chi connectivity index (χ2v) is 7.35. The van der Waals surface area contributed by atoms with Gasteiger partial charge in [0, 0.05) is 0 Å². The maximum atomic E-state index is 12.4. The largest absolute Gasteiger partial charge is 0.467 e. The first-order valence-electron chi connectivity index (χ1n) is 8.46. The first kappa shape index (κ1) is 23.7. The summed E-state index contributed by atoms with van der Waals surface area (Å²) in [5, 5.41) is 7.46. The van der Waals surface area contributed by atoms with E-state index < -0.39 is 47.6 Å². The fourth-order valence-corrected chi connectivity index (χ4v) is 1.91. The van der Waals surface area contributed by atoms with Gasteiger partial charge in [0.25, 0.3) is 0 Å². The second kappa shape index (κ2) is 9.98. The van der Waals surface area contributed by atoms with E-state index in [1.807, 2.05) is 0 Å². The molecule has 0 rings (SSSR count). The van der Waals surface area contributed by atoms with Gasteiger partial charge in [-0.1, -0.05) is 13.8 Å². The summed E-state index contributed by atoms with van der Waals surface area (Å²) >= 11 is 0. The average Bonchev–Trinajstić information content (AvgIpc) is 2.49. The molecule has 3 N–H and O–H groups in total. The van der Waals surface area contributed by atoms with E-state index in [9.17, 15) is 19.2 Å². The van der Waals surface area contributed by atoms with Gasteiger partial charge < -0.3 is 25.4 Å². The van der Waals surface area contributed by atoms with E-state index in [1.54, 1.807) is 34.6 Å². The van der Waals surface area contributed by atoms with E-state index in [0.29, 0.717) is 0 Å². The molecule has 0 spiro atoms. The van der Waals surface area contributed by atoms with Crippen LogP contribution in [0.25, 0.3) is 0 Å². The fourth-order valence-electron chi connectivity index (χ4n) is 1.91. The van der Waals surface area contributed by atoms with Crippen molar-refractivity contribution < 1.29 is 28.7 Å². The Labute approximate surface area is 154 Å². The summed E-state index contributed by atoms with van der Waals surface area (Å²) in [6.45, 7) is 11.6. The molecular weight excluding hydrogens is 342 g/mol. The van der Waals surface area contributed by atoms with Crippen LogP contribution in [0.5, 0.6) is 0 Å². The van der Waals surface area contributed by atoms with Crippen LogP contribution in [-0.4, -0.2) is 54.7 Å². The highest BCUT2D eigenvalue weighted by Gasteiger charge is 2.29. The summed E-state index contributed by atoms with van der Waals surface area (Å²) in [4.78, 5) is 47.7. The molecule has 0 aromatic heterocycles. The Balaban J connectivity index is 4.82. The van der Waals surface area contributed by atoms with Gasteiger partial charge in [0.1, 0.15) is 23.7 Å². The minimum atomic E-state index is -0.906. The van der Waals surface area contributed by atoms with Gasteiger partial charge in [0.2, 0.25) is 11.8 Å². The quantitative estimate of drug-likeness (QED) is 0.565. The number of hydrogen-bond acceptors (Lipinski definition) is 6. The van der Waals surface area contributed by atoms with Gasteiger partial charge in [-0.25, -0.2) is 9.59 Å². The van der Waals surface area contributed by atoms with Gasteiger partial charge in [0.05, 0.1) is 7.11 Å². The van der Waals surface area contributed by atoms with Crippen molar-refractivity contribution in [1.29, 1.82) is 0 Å². The molecule has 0 saturated heterocycles. The van der Waals surface area contributed by atoms with Gasteiger partial charge in [-0.15, -0.1) is 0 Å². The minimum Gasteiger partial charge on any atom is -0.467 e. The lowest BCUT2D eigenvalue weighted by Crippen LogP contribution is -2.56. The lowest BCUT2D eigenvalue weighted by atomic mass is 10.0. The van der Waals surface area contributed by atoms with Crippen molar-refractivity contribution in [3.8, 4) is 0 Å². The number of nitrogens with one attached hydrogen (secondary N) is 3. The second-order valence-electron chi connectivity index (χ2n) is 7.35. The molecule has 0 saturated carbocycles. The first-order valence-corrected chi connectivity index (χ1v) is 8.46. The van der Waals surface area contributed by atoms with E-state index in [1.165, 1.54) is 21.0 Å². The number of methoxy groups -OCH3 is 1. The molecule has 0 aromatic rings. The van der Waals surface area contributed by atoms with E-state index in [2.05, 4.69) is 20.7 Å². The lowest BCUT2D eigenvalue weighted by Gasteiger charge is -2.26. The molecule has 0 radical (unpaired) electrons. The lowest BCUT2D eigenvalue weighted by molar-refractivity contribution is -0.144. The van der Waals surface area contributed by atoms with Crippen LogP contribution < -0.4 is 16.0 Å². The van der Waals surface area contributed by atoms with Crippen LogP contribution in [0.4, 0.5) is 4.79 Å². The average molecular weight is 373 g/mol. The molecule has 0 bridgehead atoms. The highest BCUT2D eigenvalue weighted by molar-refractivity contribution is 5.92. The normalized spacial score (nSPS) is 14.7. The van der Waals surface area contributed by atoms with Gasteiger partial charge >= 0.3 is 12.1 Å². The molecule has 9 heteroatoms. The third-order valence-electron chi connectivity index (χ3n) is 3.29. The Hall–Kier alpha value is -2.32. The number of carbonyl (C=O) groups excluding carboxylic acids is 4. The minimum absolute atomic E-state index is 0.230. The van der Waals surface area contributed by atoms with Crippen LogP contribution in [-0.2, 0) is 23.9 Å². The fraction of sp³-hybridized carbons (Fsp3) is 0.765. The zero-order valence-electron chi connectivity index (χ0n) is 16.8. The van der Waals surface area contributed by atoms with Crippen molar-refractivity contribution >= 4 is 23.9 Å². The summed E-state index contributed by atoms with van der Waals surface area (Å²) in [5.74, 6) is -1.90. The van der Waals surface area contributed by atoms with Crippen molar-refractivity contribution in [3.63, 3.8) is 0 Å². The Morgan fingerprint density at radius 2 is 1.31 bits per heavy atom. The zero-order valence-corrected chi connectivity index (χ0v) is 16.8. The molecule has 3 amide bonds. The smallest absolute Gasteiger partial charge is 0.408 e. The Morgan fingerprint density at radius 1 is 0.808 bits per heavy atom. The Bertz CT molecular complexity index is 527. The summed E-state index contributed by atoms with van der Waals surface area (Å²) in [6.07, 6.45) is -0.720. The van der Waals surface area contributed by atoms with Gasteiger partial charge in [-0.05, 0) is 40.5 Å². The predicted molar refractivity (Wildman–Crippen MR) is 95.2 cm³/mol. The monoisotopic (exact) mass is 373 g/mol. The third-order valence-corrected chi connectivity index (χ3v) is 3.29. The van der Waals surface area contributed by atoms with Crippen molar-refractivity contribution in [2.75, 3.05) is 7.11 Å². The molecule has 0 aliphatic carbocycles. The number of esters is 1. The van der Waals surface area contributed by atoms with E-state index in [0.717, 1.165) is 0 Å². The molecule has 0 unspecified atom stereocenters. The van der Waals surface area contributed by atoms with E-state index in [4.69, 9.17) is 4.74 Å². The highest BCUT2D eigenvalue weighted by atomic mass is 16.6. The maximum Gasteiger partial charge on any atom is 0.408 e.